The van der Waals surface area contributed by atoms with Gasteiger partial charge in [0.05, 0.1) is 11.4 Å². The maximum Gasteiger partial charge on any atom is 0.276 e. The highest BCUT2D eigenvalue weighted by molar-refractivity contribution is 7.99. The molecular formula is C19H24N4OS2. The van der Waals surface area contributed by atoms with Crippen molar-refractivity contribution in [3.63, 3.8) is 0 Å². The summed E-state index contributed by atoms with van der Waals surface area (Å²) < 4.78 is 7.79. The molecule has 0 saturated carbocycles. The number of rotatable bonds is 5. The number of fused-ring (bicyclic) bond motifs is 1. The van der Waals surface area contributed by atoms with Gasteiger partial charge in [0.25, 0.3) is 11.1 Å². The molecule has 7 heteroatoms. The van der Waals surface area contributed by atoms with Gasteiger partial charge in [0.15, 0.2) is 0 Å². The average molecular weight is 389 g/mol. The van der Waals surface area contributed by atoms with Gasteiger partial charge in [-0.05, 0) is 48.3 Å². The number of aromatic nitrogens is 4. The molecule has 0 bridgehead atoms. The zero-order valence-electron chi connectivity index (χ0n) is 15.4. The first-order valence-electron chi connectivity index (χ1n) is 9.05. The first-order valence-corrected chi connectivity index (χ1v) is 10.8. The van der Waals surface area contributed by atoms with E-state index in [4.69, 9.17) is 4.42 Å². The standard InChI is InChI=1S/C19H24N4OS2/c1-19(2,3)14-5-6-15-13(11-14)12-16(26-15)17-21-22-18(24-17)25-10-9-23-8-4-7-20-23/h4,7-8,12,14H,5-6,9-11H2,1-3H3/t14-/m0/s1. The SMILES string of the molecule is CC(C)(C)[C@H]1CCc2sc(-c3nnc(SCCn4cccn4)o3)cc2C1. The van der Waals surface area contributed by atoms with Crippen molar-refractivity contribution >= 4 is 23.1 Å². The Kier molecular flexibility index (Phi) is 4.92. The normalized spacial score (nSPS) is 17.4. The molecule has 4 rings (SSSR count). The van der Waals surface area contributed by atoms with Crippen LogP contribution in [-0.4, -0.2) is 25.7 Å². The molecule has 5 nitrogen and oxygen atoms in total. The maximum absolute atomic E-state index is 5.88. The Labute approximate surface area is 162 Å². The number of thioether (sulfide) groups is 1. The van der Waals surface area contributed by atoms with Crippen LogP contribution in [0.1, 0.15) is 37.6 Å². The molecule has 3 heterocycles. The van der Waals surface area contributed by atoms with Crippen LogP contribution >= 0.6 is 23.1 Å². The van der Waals surface area contributed by atoms with Crippen molar-refractivity contribution in [2.75, 3.05) is 5.75 Å². The van der Waals surface area contributed by atoms with Crippen LogP contribution in [0.15, 0.2) is 34.2 Å². The van der Waals surface area contributed by atoms with Crippen molar-refractivity contribution in [2.24, 2.45) is 11.3 Å². The third kappa shape index (κ3) is 3.88. The van der Waals surface area contributed by atoms with E-state index in [1.807, 2.05) is 28.3 Å². The molecule has 0 fully saturated rings. The third-order valence-electron chi connectivity index (χ3n) is 5.03. The van der Waals surface area contributed by atoms with Crippen LogP contribution in [0.25, 0.3) is 10.8 Å². The highest BCUT2D eigenvalue weighted by Gasteiger charge is 2.30. The van der Waals surface area contributed by atoms with E-state index in [1.54, 1.807) is 18.0 Å². The summed E-state index contributed by atoms with van der Waals surface area (Å²) in [5.74, 6) is 2.25. The quantitative estimate of drug-likeness (QED) is 0.580. The molecule has 0 radical (unpaired) electrons. The zero-order valence-corrected chi connectivity index (χ0v) is 17.1. The lowest BCUT2D eigenvalue weighted by Crippen LogP contribution is -2.26. The maximum atomic E-state index is 5.88. The van der Waals surface area contributed by atoms with Crippen molar-refractivity contribution in [1.29, 1.82) is 0 Å². The highest BCUT2D eigenvalue weighted by atomic mass is 32.2. The van der Waals surface area contributed by atoms with Crippen LogP contribution in [0, 0.1) is 11.3 Å². The fourth-order valence-electron chi connectivity index (χ4n) is 3.40. The lowest BCUT2D eigenvalue weighted by molar-refractivity contribution is 0.217. The summed E-state index contributed by atoms with van der Waals surface area (Å²) in [6.45, 7) is 7.87. The van der Waals surface area contributed by atoms with Crippen LogP contribution in [0.5, 0.6) is 0 Å². The molecule has 26 heavy (non-hydrogen) atoms. The minimum atomic E-state index is 0.364. The lowest BCUT2D eigenvalue weighted by Gasteiger charge is -2.33. The second kappa shape index (κ2) is 7.19. The van der Waals surface area contributed by atoms with Crippen LogP contribution in [0.4, 0.5) is 0 Å². The molecule has 0 spiro atoms. The number of aryl methyl sites for hydroxylation is 2. The van der Waals surface area contributed by atoms with E-state index < -0.39 is 0 Å². The molecule has 0 aliphatic heterocycles. The zero-order chi connectivity index (χ0) is 18.1. The predicted molar refractivity (Wildman–Crippen MR) is 106 cm³/mol. The number of hydrogen-bond acceptors (Lipinski definition) is 6. The molecule has 1 aliphatic carbocycles. The van der Waals surface area contributed by atoms with Gasteiger partial charge in [-0.1, -0.05) is 32.5 Å². The van der Waals surface area contributed by atoms with Gasteiger partial charge in [0, 0.05) is 23.0 Å². The van der Waals surface area contributed by atoms with Crippen LogP contribution in [0.3, 0.4) is 0 Å². The topological polar surface area (TPSA) is 56.7 Å². The first-order chi connectivity index (χ1) is 12.5. The average Bonchev–Trinajstić information content (AvgIpc) is 3.33. The molecular weight excluding hydrogens is 364 g/mol. The Morgan fingerprint density at radius 1 is 1.35 bits per heavy atom. The fraction of sp³-hybridized carbons (Fsp3) is 0.526. The highest BCUT2D eigenvalue weighted by Crippen LogP contribution is 2.42. The van der Waals surface area contributed by atoms with Crippen molar-refractivity contribution in [1.82, 2.24) is 20.0 Å². The smallest absolute Gasteiger partial charge is 0.276 e. The minimum absolute atomic E-state index is 0.364. The molecule has 0 saturated heterocycles. The number of thiophene rings is 1. The van der Waals surface area contributed by atoms with E-state index in [0.717, 1.165) is 29.5 Å². The summed E-state index contributed by atoms with van der Waals surface area (Å²) in [5.41, 5.74) is 1.84. The molecule has 3 aromatic rings. The fourth-order valence-corrected chi connectivity index (χ4v) is 5.21. The van der Waals surface area contributed by atoms with Crippen LogP contribution in [0.2, 0.25) is 0 Å². The summed E-state index contributed by atoms with van der Waals surface area (Å²) in [6, 6.07) is 4.20. The van der Waals surface area contributed by atoms with Gasteiger partial charge in [-0.25, -0.2) is 0 Å². The summed E-state index contributed by atoms with van der Waals surface area (Å²) in [7, 11) is 0. The van der Waals surface area contributed by atoms with Gasteiger partial charge in [0.2, 0.25) is 0 Å². The van der Waals surface area contributed by atoms with Crippen molar-refractivity contribution in [2.45, 2.75) is 51.8 Å². The summed E-state index contributed by atoms with van der Waals surface area (Å²) in [4.78, 5) is 2.60. The Balaban J connectivity index is 1.41. The second-order valence-electron chi connectivity index (χ2n) is 7.86. The van der Waals surface area contributed by atoms with Gasteiger partial charge in [0.1, 0.15) is 0 Å². The van der Waals surface area contributed by atoms with Crippen molar-refractivity contribution in [3.05, 3.63) is 35.0 Å². The van der Waals surface area contributed by atoms with Crippen molar-refractivity contribution < 1.29 is 4.42 Å². The summed E-state index contributed by atoms with van der Waals surface area (Å²) in [6.07, 6.45) is 7.35. The molecule has 1 aliphatic rings. The van der Waals surface area contributed by atoms with Gasteiger partial charge < -0.3 is 4.42 Å². The molecule has 0 amide bonds. The monoisotopic (exact) mass is 388 g/mol. The Bertz CT molecular complexity index is 861. The van der Waals surface area contributed by atoms with Gasteiger partial charge in [-0.3, -0.25) is 4.68 Å². The largest absolute Gasteiger partial charge is 0.410 e. The lowest BCUT2D eigenvalue weighted by atomic mass is 9.72. The van der Waals surface area contributed by atoms with Crippen LogP contribution < -0.4 is 0 Å². The summed E-state index contributed by atoms with van der Waals surface area (Å²) >= 11 is 3.39. The molecule has 0 aromatic carbocycles. The molecule has 0 unspecified atom stereocenters. The van der Waals surface area contributed by atoms with Crippen LogP contribution in [-0.2, 0) is 19.4 Å². The Morgan fingerprint density at radius 2 is 2.23 bits per heavy atom. The molecule has 1 atom stereocenters. The van der Waals surface area contributed by atoms with Gasteiger partial charge in [-0.15, -0.1) is 21.5 Å². The summed E-state index contributed by atoms with van der Waals surface area (Å²) in [5, 5.41) is 13.3. The number of hydrogen-bond donors (Lipinski definition) is 0. The molecule has 0 N–H and O–H groups in total. The van der Waals surface area contributed by atoms with E-state index in [9.17, 15) is 0 Å². The molecule has 138 valence electrons. The van der Waals surface area contributed by atoms with Gasteiger partial charge >= 0.3 is 0 Å². The van der Waals surface area contributed by atoms with E-state index in [-0.39, 0.29) is 0 Å². The Hall–Kier alpha value is -1.60. The van der Waals surface area contributed by atoms with E-state index in [0.29, 0.717) is 16.5 Å². The number of nitrogens with zero attached hydrogens (tertiary/aromatic N) is 4. The minimum Gasteiger partial charge on any atom is -0.410 e. The predicted octanol–water partition coefficient (Wildman–Crippen LogP) is 4.94. The second-order valence-corrected chi connectivity index (χ2v) is 10.0. The van der Waals surface area contributed by atoms with E-state index in [2.05, 4.69) is 42.1 Å². The van der Waals surface area contributed by atoms with E-state index >= 15 is 0 Å². The van der Waals surface area contributed by atoms with E-state index in [1.165, 1.54) is 23.3 Å². The first kappa shape index (κ1) is 17.8. The van der Waals surface area contributed by atoms with Crippen molar-refractivity contribution in [3.8, 4) is 10.8 Å². The third-order valence-corrected chi connectivity index (χ3v) is 7.05. The Morgan fingerprint density at radius 3 is 3.00 bits per heavy atom. The molecule has 3 aromatic heterocycles. The van der Waals surface area contributed by atoms with Gasteiger partial charge in [-0.2, -0.15) is 5.10 Å².